The number of benzene rings is 2. The molecule has 0 amide bonds. The van der Waals surface area contributed by atoms with E-state index < -0.39 is 0 Å². The molecule has 0 aliphatic heterocycles. The van der Waals surface area contributed by atoms with Crippen molar-refractivity contribution in [3.8, 4) is 11.5 Å². The molecule has 2 nitrogen and oxygen atoms in total. The number of ether oxygens (including phenoxy) is 2. The lowest BCUT2D eigenvalue weighted by Crippen LogP contribution is -1.89. The van der Waals surface area contributed by atoms with Gasteiger partial charge < -0.3 is 9.47 Å². The minimum absolute atomic E-state index is 0.930. The maximum absolute atomic E-state index is 5.45. The quantitative estimate of drug-likeness (QED) is 0.335. The van der Waals surface area contributed by atoms with Crippen molar-refractivity contribution < 1.29 is 9.47 Å². The molecule has 29 heavy (non-hydrogen) atoms. The van der Waals surface area contributed by atoms with Gasteiger partial charge in [0.05, 0.1) is 14.2 Å². The summed E-state index contributed by atoms with van der Waals surface area (Å²) in [6, 6.07) is 13.0. The summed E-state index contributed by atoms with van der Waals surface area (Å²) in [6.07, 6.45) is 3.53. The molecule has 0 bridgehead atoms. The zero-order valence-electron chi connectivity index (χ0n) is 17.2. The molecule has 1 aliphatic carbocycles. The van der Waals surface area contributed by atoms with E-state index in [4.69, 9.17) is 9.47 Å². The van der Waals surface area contributed by atoms with E-state index in [-0.39, 0.29) is 0 Å². The van der Waals surface area contributed by atoms with Crippen LogP contribution in [0.4, 0.5) is 0 Å². The molecule has 4 aromatic rings. The van der Waals surface area contributed by atoms with Crippen LogP contribution in [0.5, 0.6) is 11.5 Å². The minimum Gasteiger partial charge on any atom is -0.497 e. The van der Waals surface area contributed by atoms with Gasteiger partial charge in [-0.3, -0.25) is 0 Å². The van der Waals surface area contributed by atoms with Crippen LogP contribution in [0.1, 0.15) is 40.1 Å². The van der Waals surface area contributed by atoms with Crippen molar-refractivity contribution in [3.63, 3.8) is 0 Å². The molecule has 0 spiro atoms. The molecule has 4 heteroatoms. The van der Waals surface area contributed by atoms with E-state index in [9.17, 15) is 0 Å². The van der Waals surface area contributed by atoms with Crippen LogP contribution in [0.15, 0.2) is 36.4 Å². The lowest BCUT2D eigenvalue weighted by Gasteiger charge is -2.10. The second-order valence-corrected chi connectivity index (χ2v) is 10.1. The first-order valence-electron chi connectivity index (χ1n) is 9.97. The largest absolute Gasteiger partial charge is 0.497 e. The van der Waals surface area contributed by atoms with E-state index >= 15 is 0 Å². The van der Waals surface area contributed by atoms with Crippen LogP contribution >= 0.6 is 22.7 Å². The molecule has 5 rings (SSSR count). The number of rotatable bonds is 4. The van der Waals surface area contributed by atoms with Crippen molar-refractivity contribution in [2.75, 3.05) is 14.2 Å². The van der Waals surface area contributed by atoms with Crippen molar-refractivity contribution in [3.05, 3.63) is 57.3 Å². The van der Waals surface area contributed by atoms with Gasteiger partial charge in [0.1, 0.15) is 11.5 Å². The SMILES string of the molecule is COc1ccc2c(C3=C(c4c(C)sc5cc(OC)ccc45)CCC3)c(C)sc2c1. The average molecular weight is 421 g/mol. The van der Waals surface area contributed by atoms with Crippen LogP contribution in [0, 0.1) is 13.8 Å². The Morgan fingerprint density at radius 2 is 1.14 bits per heavy atom. The highest BCUT2D eigenvalue weighted by Gasteiger charge is 2.25. The zero-order chi connectivity index (χ0) is 20.1. The number of allylic oxidation sites excluding steroid dienone is 2. The topological polar surface area (TPSA) is 18.5 Å². The first-order valence-corrected chi connectivity index (χ1v) is 11.6. The van der Waals surface area contributed by atoms with Crippen LogP contribution < -0.4 is 9.47 Å². The first-order chi connectivity index (χ1) is 14.1. The summed E-state index contributed by atoms with van der Waals surface area (Å²) in [6.45, 7) is 4.53. The maximum atomic E-state index is 5.45. The summed E-state index contributed by atoms with van der Waals surface area (Å²) in [5, 5.41) is 2.73. The predicted octanol–water partition coefficient (Wildman–Crippen LogP) is 7.84. The summed E-state index contributed by atoms with van der Waals surface area (Å²) in [5.41, 5.74) is 5.98. The highest BCUT2D eigenvalue weighted by molar-refractivity contribution is 7.19. The van der Waals surface area contributed by atoms with E-state index in [0.29, 0.717) is 0 Å². The number of aryl methyl sites for hydroxylation is 2. The fourth-order valence-electron chi connectivity index (χ4n) is 4.70. The van der Waals surface area contributed by atoms with Gasteiger partial charge >= 0.3 is 0 Å². The molecule has 148 valence electrons. The van der Waals surface area contributed by atoms with Gasteiger partial charge in [0, 0.05) is 29.9 Å². The van der Waals surface area contributed by atoms with Gasteiger partial charge in [0.15, 0.2) is 0 Å². The molecule has 0 atom stereocenters. The third kappa shape index (κ3) is 2.97. The minimum atomic E-state index is 0.930. The summed E-state index contributed by atoms with van der Waals surface area (Å²) in [4.78, 5) is 2.81. The molecule has 0 radical (unpaired) electrons. The molecule has 1 aliphatic rings. The molecule has 0 N–H and O–H groups in total. The van der Waals surface area contributed by atoms with Crippen LogP contribution in [0.25, 0.3) is 31.3 Å². The lowest BCUT2D eigenvalue weighted by atomic mass is 9.93. The van der Waals surface area contributed by atoms with Crippen molar-refractivity contribution in [1.29, 1.82) is 0 Å². The van der Waals surface area contributed by atoms with Crippen LogP contribution in [0.2, 0.25) is 0 Å². The number of fused-ring (bicyclic) bond motifs is 2. The van der Waals surface area contributed by atoms with Gasteiger partial charge in [0.25, 0.3) is 0 Å². The Kier molecular flexibility index (Phi) is 4.64. The molecule has 2 aromatic heterocycles. The second kappa shape index (κ2) is 7.19. The number of hydrogen-bond donors (Lipinski definition) is 0. The third-order valence-electron chi connectivity index (χ3n) is 5.97. The van der Waals surface area contributed by atoms with E-state index in [0.717, 1.165) is 24.3 Å². The van der Waals surface area contributed by atoms with Crippen molar-refractivity contribution in [1.82, 2.24) is 0 Å². The summed E-state index contributed by atoms with van der Waals surface area (Å²) >= 11 is 3.76. The van der Waals surface area contributed by atoms with Crippen molar-refractivity contribution in [2.24, 2.45) is 0 Å². The molecule has 0 saturated heterocycles. The number of thiophene rings is 2. The zero-order valence-corrected chi connectivity index (χ0v) is 18.9. The Morgan fingerprint density at radius 3 is 1.55 bits per heavy atom. The highest BCUT2D eigenvalue weighted by Crippen LogP contribution is 2.49. The van der Waals surface area contributed by atoms with Gasteiger partial charge in [-0.25, -0.2) is 0 Å². The fraction of sp³-hybridized carbons (Fsp3) is 0.280. The molecule has 0 saturated carbocycles. The van der Waals surface area contributed by atoms with Crippen LogP contribution in [-0.4, -0.2) is 14.2 Å². The fourth-order valence-corrected chi connectivity index (χ4v) is 6.94. The van der Waals surface area contributed by atoms with Crippen LogP contribution in [-0.2, 0) is 0 Å². The summed E-state index contributed by atoms with van der Waals surface area (Å²) < 4.78 is 13.5. The normalized spacial score (nSPS) is 14.3. The van der Waals surface area contributed by atoms with E-state index in [2.05, 4.69) is 50.2 Å². The molecule has 2 heterocycles. The number of hydrogen-bond acceptors (Lipinski definition) is 4. The Bertz CT molecular complexity index is 1180. The average Bonchev–Trinajstić information content (AvgIpc) is 3.39. The summed E-state index contributed by atoms with van der Waals surface area (Å²) in [7, 11) is 3.47. The van der Waals surface area contributed by atoms with E-state index in [1.54, 1.807) is 14.2 Å². The van der Waals surface area contributed by atoms with Gasteiger partial charge in [-0.05, 0) is 91.8 Å². The van der Waals surface area contributed by atoms with Gasteiger partial charge in [-0.2, -0.15) is 0 Å². The third-order valence-corrected chi connectivity index (χ3v) is 8.10. The van der Waals surface area contributed by atoms with Crippen LogP contribution in [0.3, 0.4) is 0 Å². The van der Waals surface area contributed by atoms with Crippen molar-refractivity contribution in [2.45, 2.75) is 33.1 Å². The molecule has 0 unspecified atom stereocenters. The Labute approximate surface area is 179 Å². The molecule has 2 aromatic carbocycles. The smallest absolute Gasteiger partial charge is 0.120 e. The monoisotopic (exact) mass is 420 g/mol. The Balaban J connectivity index is 1.74. The lowest BCUT2D eigenvalue weighted by molar-refractivity contribution is 0.415. The Hall–Kier alpha value is -2.30. The molecular formula is C25H24O2S2. The summed E-state index contributed by atoms with van der Waals surface area (Å²) in [5.74, 6) is 1.86. The maximum Gasteiger partial charge on any atom is 0.120 e. The molecular weight excluding hydrogens is 396 g/mol. The van der Waals surface area contributed by atoms with Gasteiger partial charge in [0.2, 0.25) is 0 Å². The van der Waals surface area contributed by atoms with Crippen molar-refractivity contribution >= 4 is 54.0 Å². The van der Waals surface area contributed by atoms with Gasteiger partial charge in [-0.1, -0.05) is 0 Å². The van der Waals surface area contributed by atoms with Gasteiger partial charge in [-0.15, -0.1) is 22.7 Å². The van der Waals surface area contributed by atoms with E-state index in [1.165, 1.54) is 58.6 Å². The Morgan fingerprint density at radius 1 is 0.690 bits per heavy atom. The highest BCUT2D eigenvalue weighted by atomic mass is 32.1. The number of methoxy groups -OCH3 is 2. The van der Waals surface area contributed by atoms with E-state index in [1.807, 2.05) is 22.7 Å². The second-order valence-electron chi connectivity index (χ2n) is 7.60. The predicted molar refractivity (Wildman–Crippen MR) is 127 cm³/mol. The molecule has 0 fully saturated rings. The first kappa shape index (κ1) is 18.7. The standard InChI is InChI=1S/C25H24O2S2/c1-14-24(20-10-8-16(26-3)12-22(20)28-14)18-6-5-7-19(18)25-15(2)29-23-13-17(27-4)9-11-21(23)25/h8-13H,5-7H2,1-4H3.